The van der Waals surface area contributed by atoms with Gasteiger partial charge in [0.15, 0.2) is 5.75 Å². The minimum absolute atomic E-state index is 0.0717. The van der Waals surface area contributed by atoms with Crippen LogP contribution in [0.25, 0.3) is 0 Å². The third kappa shape index (κ3) is 4.04. The Balaban J connectivity index is 2.15. The van der Waals surface area contributed by atoms with Crippen molar-refractivity contribution in [2.24, 2.45) is 0 Å². The maximum Gasteiger partial charge on any atom is 0.272 e. The van der Waals surface area contributed by atoms with Crippen LogP contribution in [0.3, 0.4) is 0 Å². The lowest BCUT2D eigenvalue weighted by Crippen LogP contribution is -2.49. The van der Waals surface area contributed by atoms with Gasteiger partial charge in [-0.05, 0) is 19.1 Å². The van der Waals surface area contributed by atoms with Crippen LogP contribution in [-0.4, -0.2) is 26.0 Å². The van der Waals surface area contributed by atoms with Crippen molar-refractivity contribution in [2.75, 3.05) is 11.9 Å². The molecule has 0 saturated heterocycles. The van der Waals surface area contributed by atoms with Crippen molar-refractivity contribution in [2.45, 2.75) is 31.1 Å². The lowest BCUT2D eigenvalue weighted by atomic mass is 10.2. The van der Waals surface area contributed by atoms with E-state index in [1.807, 2.05) is 0 Å². The average molecular weight is 370 g/mol. The van der Waals surface area contributed by atoms with E-state index >= 15 is 0 Å². The fraction of sp³-hybridized carbons (Fsp3) is 0.333. The van der Waals surface area contributed by atoms with Crippen LogP contribution < -0.4 is 25.8 Å². The minimum Gasteiger partial charge on any atom is -0.488 e. The van der Waals surface area contributed by atoms with Crippen LogP contribution in [0.1, 0.15) is 20.3 Å². The molecule has 136 valence electrons. The summed E-state index contributed by atoms with van der Waals surface area (Å²) < 4.78 is 29.2. The van der Waals surface area contributed by atoms with E-state index in [9.17, 15) is 23.1 Å². The Morgan fingerprint density at radius 3 is 2.32 bits per heavy atom. The van der Waals surface area contributed by atoms with E-state index in [4.69, 9.17) is 9.57 Å². The SMILES string of the molecule is CCOc1c(NC(O)(CC)ONS(=O)(=O)c2ccccc2)c(=O)c1=O. The van der Waals surface area contributed by atoms with Crippen LogP contribution in [-0.2, 0) is 14.9 Å². The lowest BCUT2D eigenvalue weighted by Gasteiger charge is -2.29. The summed E-state index contributed by atoms with van der Waals surface area (Å²) in [5.41, 5.74) is -1.98. The molecule has 0 heterocycles. The van der Waals surface area contributed by atoms with E-state index in [0.29, 0.717) is 0 Å². The summed E-state index contributed by atoms with van der Waals surface area (Å²) in [6.45, 7) is 3.25. The number of benzene rings is 1. The molecule has 0 aliphatic rings. The molecule has 1 atom stereocenters. The van der Waals surface area contributed by atoms with Crippen LogP contribution in [0, 0.1) is 0 Å². The minimum atomic E-state index is -4.05. The molecule has 2 aromatic rings. The number of aliphatic hydroxyl groups is 1. The largest absolute Gasteiger partial charge is 0.488 e. The van der Waals surface area contributed by atoms with Crippen molar-refractivity contribution in [1.82, 2.24) is 4.89 Å². The van der Waals surface area contributed by atoms with Crippen molar-refractivity contribution in [3.05, 3.63) is 50.8 Å². The predicted molar refractivity (Wildman–Crippen MR) is 89.2 cm³/mol. The van der Waals surface area contributed by atoms with Crippen LogP contribution in [0.5, 0.6) is 5.75 Å². The smallest absolute Gasteiger partial charge is 0.272 e. The predicted octanol–water partition coefficient (Wildman–Crippen LogP) is 0.0594. The zero-order chi connectivity index (χ0) is 18.7. The molecule has 1 unspecified atom stereocenters. The van der Waals surface area contributed by atoms with Gasteiger partial charge in [0.2, 0.25) is 0 Å². The second kappa shape index (κ2) is 7.31. The molecule has 2 aromatic carbocycles. The first kappa shape index (κ1) is 19.1. The van der Waals surface area contributed by atoms with E-state index in [1.165, 1.54) is 31.2 Å². The summed E-state index contributed by atoms with van der Waals surface area (Å²) in [6.07, 6.45) is -0.144. The monoisotopic (exact) mass is 370 g/mol. The fourth-order valence-corrected chi connectivity index (χ4v) is 2.78. The topological polar surface area (TPSA) is 131 Å². The molecule has 0 bridgehead atoms. The summed E-state index contributed by atoms with van der Waals surface area (Å²) in [7, 11) is -4.05. The summed E-state index contributed by atoms with van der Waals surface area (Å²) in [5.74, 6) is -2.48. The Labute approximate surface area is 143 Å². The van der Waals surface area contributed by atoms with Gasteiger partial charge in [-0.25, -0.2) is 13.3 Å². The molecule has 9 nitrogen and oxygen atoms in total. The number of nitrogens with one attached hydrogen (secondary N) is 2. The third-order valence-corrected chi connectivity index (χ3v) is 4.52. The van der Waals surface area contributed by atoms with Gasteiger partial charge in [-0.15, -0.1) is 0 Å². The van der Waals surface area contributed by atoms with Gasteiger partial charge in [-0.1, -0.05) is 30.0 Å². The van der Waals surface area contributed by atoms with Crippen LogP contribution in [0.4, 0.5) is 5.69 Å². The van der Waals surface area contributed by atoms with E-state index in [0.717, 1.165) is 0 Å². The van der Waals surface area contributed by atoms with Crippen molar-refractivity contribution >= 4 is 15.7 Å². The Bertz CT molecular complexity index is 904. The third-order valence-electron chi connectivity index (χ3n) is 3.33. The van der Waals surface area contributed by atoms with Crippen LogP contribution in [0.2, 0.25) is 0 Å². The molecule has 0 aliphatic carbocycles. The fourth-order valence-electron chi connectivity index (χ4n) is 1.92. The number of ether oxygens (including phenoxy) is 1. The standard InChI is InChI=1S/C15H18N2O7S/c1-3-15(20,16-11-12(18)13(19)14(11)23-4-2)24-17-25(21,22)10-8-6-5-7-9-10/h5-9,16-17,20H,3-4H2,1-2H3. The number of hydrogen-bond acceptors (Lipinski definition) is 8. The number of rotatable bonds is 9. The maximum atomic E-state index is 12.1. The summed E-state index contributed by atoms with van der Waals surface area (Å²) in [5, 5.41) is 12.7. The Hall–Kier alpha value is -2.27. The highest BCUT2D eigenvalue weighted by atomic mass is 32.2. The number of sulfonamides is 1. The molecular formula is C15H18N2O7S. The van der Waals surface area contributed by atoms with Gasteiger partial charge in [0, 0.05) is 6.42 Å². The first-order valence-electron chi connectivity index (χ1n) is 7.45. The van der Waals surface area contributed by atoms with Crippen LogP contribution >= 0.6 is 0 Å². The van der Waals surface area contributed by atoms with Gasteiger partial charge >= 0.3 is 0 Å². The van der Waals surface area contributed by atoms with Gasteiger partial charge in [0.05, 0.1) is 11.5 Å². The van der Waals surface area contributed by atoms with Gasteiger partial charge in [0.25, 0.3) is 26.8 Å². The number of anilines is 1. The summed E-state index contributed by atoms with van der Waals surface area (Å²) >= 11 is 0. The first-order chi connectivity index (χ1) is 11.7. The van der Waals surface area contributed by atoms with E-state index in [2.05, 4.69) is 5.32 Å². The van der Waals surface area contributed by atoms with Gasteiger partial charge in [-0.2, -0.15) is 0 Å². The summed E-state index contributed by atoms with van der Waals surface area (Å²) in [4.78, 5) is 29.6. The molecule has 3 N–H and O–H groups in total. The summed E-state index contributed by atoms with van der Waals surface area (Å²) in [6, 6.07) is 7.37. The lowest BCUT2D eigenvalue weighted by molar-refractivity contribution is -0.203. The first-order valence-corrected chi connectivity index (χ1v) is 8.94. The Morgan fingerprint density at radius 1 is 1.12 bits per heavy atom. The quantitative estimate of drug-likeness (QED) is 0.321. The highest BCUT2D eigenvalue weighted by Gasteiger charge is 2.34. The molecule has 2 rings (SSSR count). The van der Waals surface area contributed by atoms with E-state index in [1.54, 1.807) is 17.9 Å². The van der Waals surface area contributed by atoms with Crippen molar-refractivity contribution in [1.29, 1.82) is 0 Å². The van der Waals surface area contributed by atoms with Crippen LogP contribution in [0.15, 0.2) is 44.8 Å². The molecule has 0 aromatic heterocycles. The van der Waals surface area contributed by atoms with E-state index < -0.39 is 26.8 Å². The molecule has 0 amide bonds. The number of hydrogen-bond donors (Lipinski definition) is 3. The zero-order valence-electron chi connectivity index (χ0n) is 13.6. The molecule has 0 fully saturated rings. The molecule has 0 aliphatic heterocycles. The van der Waals surface area contributed by atoms with Gasteiger partial charge in [0.1, 0.15) is 5.69 Å². The Morgan fingerprint density at radius 2 is 1.76 bits per heavy atom. The van der Waals surface area contributed by atoms with Crippen molar-refractivity contribution < 1.29 is 23.1 Å². The van der Waals surface area contributed by atoms with Gasteiger partial charge in [-0.3, -0.25) is 9.59 Å². The molecule has 0 saturated carbocycles. The van der Waals surface area contributed by atoms with E-state index in [-0.39, 0.29) is 29.4 Å². The maximum absolute atomic E-state index is 12.1. The molecule has 0 spiro atoms. The zero-order valence-corrected chi connectivity index (χ0v) is 14.4. The Kier molecular flexibility index (Phi) is 5.58. The second-order valence-electron chi connectivity index (χ2n) is 5.06. The highest BCUT2D eigenvalue weighted by Crippen LogP contribution is 2.23. The molecular weight excluding hydrogens is 352 g/mol. The highest BCUT2D eigenvalue weighted by molar-refractivity contribution is 7.89. The van der Waals surface area contributed by atoms with Crippen molar-refractivity contribution in [3.63, 3.8) is 0 Å². The molecule has 25 heavy (non-hydrogen) atoms. The molecule has 0 radical (unpaired) electrons. The average Bonchev–Trinajstić information content (AvgIpc) is 2.63. The van der Waals surface area contributed by atoms with Gasteiger partial charge < -0.3 is 15.2 Å². The van der Waals surface area contributed by atoms with Crippen molar-refractivity contribution in [3.8, 4) is 5.75 Å². The normalized spacial score (nSPS) is 14.2. The second-order valence-corrected chi connectivity index (χ2v) is 6.71. The molecule has 10 heteroatoms.